The minimum absolute atomic E-state index is 0.00932. The van der Waals surface area contributed by atoms with Crippen LogP contribution in [0.2, 0.25) is 0 Å². The highest BCUT2D eigenvalue weighted by atomic mass is 32.2. The van der Waals surface area contributed by atoms with Crippen molar-refractivity contribution in [2.45, 2.75) is 23.8 Å². The molecule has 1 fully saturated rings. The number of rotatable bonds is 6. The lowest BCUT2D eigenvalue weighted by molar-refractivity contribution is 0.0961. The van der Waals surface area contributed by atoms with Crippen molar-refractivity contribution < 1.29 is 18.0 Å². The molecule has 0 bridgehead atoms. The van der Waals surface area contributed by atoms with Crippen LogP contribution in [0, 0.1) is 0 Å². The zero-order chi connectivity index (χ0) is 18.7. The summed E-state index contributed by atoms with van der Waals surface area (Å²) in [5, 5.41) is 5.19. The molecule has 2 amide bonds. The maximum atomic E-state index is 12.5. The topological polar surface area (TPSA) is 104 Å². The minimum atomic E-state index is -3.63. The molecule has 3 N–H and O–H groups in total. The maximum absolute atomic E-state index is 12.5. The summed E-state index contributed by atoms with van der Waals surface area (Å²) in [6.45, 7) is 0. The molecule has 7 nitrogen and oxygen atoms in total. The van der Waals surface area contributed by atoms with Gasteiger partial charge in [0.1, 0.15) is 0 Å². The molecule has 0 atom stereocenters. The second-order valence-corrected chi connectivity index (χ2v) is 7.75. The number of benzene rings is 2. The summed E-state index contributed by atoms with van der Waals surface area (Å²) in [6, 6.07) is 12.3. The number of carbonyl (C=O) groups is 2. The van der Waals surface area contributed by atoms with Gasteiger partial charge in [-0.05, 0) is 49.2 Å². The van der Waals surface area contributed by atoms with Crippen molar-refractivity contribution >= 4 is 27.5 Å². The van der Waals surface area contributed by atoms with E-state index in [0.29, 0.717) is 11.3 Å². The smallest absolute Gasteiger partial charge is 0.255 e. The normalized spacial score (nSPS) is 13.9. The van der Waals surface area contributed by atoms with Gasteiger partial charge in [0.05, 0.1) is 4.90 Å². The fourth-order valence-electron chi connectivity index (χ4n) is 2.38. The predicted molar refractivity (Wildman–Crippen MR) is 97.6 cm³/mol. The van der Waals surface area contributed by atoms with Crippen LogP contribution in [0.3, 0.4) is 0 Å². The van der Waals surface area contributed by atoms with Crippen LogP contribution in [0.5, 0.6) is 0 Å². The molecule has 136 valence electrons. The van der Waals surface area contributed by atoms with Crippen LogP contribution in [0.15, 0.2) is 53.4 Å². The molecule has 0 heterocycles. The predicted octanol–water partition coefficient (Wildman–Crippen LogP) is 1.74. The Balaban J connectivity index is 1.78. The molecule has 8 heteroatoms. The standard InChI is InChI=1S/C18H19N3O4S/c1-19-17(22)12-4-2-6-15(10-12)20-18(23)13-5-3-7-16(11-13)26(24,25)21-14-8-9-14/h2-7,10-11,14,21H,8-9H2,1H3,(H,19,22)(H,20,23). The molecule has 2 aromatic rings. The van der Waals surface area contributed by atoms with Gasteiger partial charge in [-0.1, -0.05) is 12.1 Å². The number of carbonyl (C=O) groups excluding carboxylic acids is 2. The highest BCUT2D eigenvalue weighted by Crippen LogP contribution is 2.22. The van der Waals surface area contributed by atoms with E-state index in [9.17, 15) is 18.0 Å². The lowest BCUT2D eigenvalue weighted by Gasteiger charge is -2.09. The third-order valence-electron chi connectivity index (χ3n) is 3.92. The van der Waals surface area contributed by atoms with Crippen LogP contribution >= 0.6 is 0 Å². The van der Waals surface area contributed by atoms with Gasteiger partial charge in [0.25, 0.3) is 11.8 Å². The van der Waals surface area contributed by atoms with Crippen LogP contribution < -0.4 is 15.4 Å². The lowest BCUT2D eigenvalue weighted by atomic mass is 10.1. The van der Waals surface area contributed by atoms with Crippen molar-refractivity contribution in [1.82, 2.24) is 10.0 Å². The molecule has 0 aliphatic heterocycles. The Bertz CT molecular complexity index is 952. The second kappa shape index (κ2) is 7.27. The van der Waals surface area contributed by atoms with Gasteiger partial charge in [-0.2, -0.15) is 0 Å². The number of nitrogens with one attached hydrogen (secondary N) is 3. The average molecular weight is 373 g/mol. The first-order valence-corrected chi connectivity index (χ1v) is 9.63. The van der Waals surface area contributed by atoms with E-state index in [0.717, 1.165) is 12.8 Å². The molecule has 2 aromatic carbocycles. The van der Waals surface area contributed by atoms with Crippen molar-refractivity contribution in [3.05, 3.63) is 59.7 Å². The van der Waals surface area contributed by atoms with E-state index in [1.807, 2.05) is 0 Å². The molecule has 0 radical (unpaired) electrons. The first kappa shape index (κ1) is 18.1. The van der Waals surface area contributed by atoms with Gasteiger partial charge in [0.2, 0.25) is 10.0 Å². The summed E-state index contributed by atoms with van der Waals surface area (Å²) in [6.07, 6.45) is 1.67. The molecular weight excluding hydrogens is 354 g/mol. The van der Waals surface area contributed by atoms with Gasteiger partial charge in [-0.15, -0.1) is 0 Å². The lowest BCUT2D eigenvalue weighted by Crippen LogP contribution is -2.26. The van der Waals surface area contributed by atoms with E-state index < -0.39 is 15.9 Å². The van der Waals surface area contributed by atoms with E-state index >= 15 is 0 Å². The summed E-state index contributed by atoms with van der Waals surface area (Å²) in [5.41, 5.74) is 1.07. The van der Waals surface area contributed by atoms with Crippen molar-refractivity contribution in [2.75, 3.05) is 12.4 Å². The molecular formula is C18H19N3O4S. The molecule has 1 aliphatic carbocycles. The van der Waals surface area contributed by atoms with E-state index in [1.54, 1.807) is 24.3 Å². The Labute approximate surface area is 151 Å². The van der Waals surface area contributed by atoms with Gasteiger partial charge in [0, 0.05) is 29.9 Å². The van der Waals surface area contributed by atoms with Crippen LogP contribution in [0.25, 0.3) is 0 Å². The third-order valence-corrected chi connectivity index (χ3v) is 5.43. The van der Waals surface area contributed by atoms with Gasteiger partial charge in [-0.3, -0.25) is 9.59 Å². The Morgan fingerprint density at radius 2 is 1.62 bits per heavy atom. The third kappa shape index (κ3) is 4.27. The minimum Gasteiger partial charge on any atom is -0.355 e. The molecule has 0 spiro atoms. The van der Waals surface area contributed by atoms with Crippen molar-refractivity contribution in [1.29, 1.82) is 0 Å². The van der Waals surface area contributed by atoms with Crippen molar-refractivity contribution in [3.63, 3.8) is 0 Å². The van der Waals surface area contributed by atoms with E-state index in [1.165, 1.54) is 31.3 Å². The molecule has 0 unspecified atom stereocenters. The van der Waals surface area contributed by atoms with Gasteiger partial charge < -0.3 is 10.6 Å². The summed E-state index contributed by atoms with van der Waals surface area (Å²) < 4.78 is 27.1. The second-order valence-electron chi connectivity index (χ2n) is 6.04. The van der Waals surface area contributed by atoms with Gasteiger partial charge in [0.15, 0.2) is 0 Å². The zero-order valence-electron chi connectivity index (χ0n) is 14.2. The summed E-state index contributed by atoms with van der Waals surface area (Å²) in [7, 11) is -2.11. The zero-order valence-corrected chi connectivity index (χ0v) is 15.0. The Morgan fingerprint density at radius 1 is 0.962 bits per heavy atom. The Morgan fingerprint density at radius 3 is 2.27 bits per heavy atom. The molecule has 26 heavy (non-hydrogen) atoms. The highest BCUT2D eigenvalue weighted by Gasteiger charge is 2.28. The SMILES string of the molecule is CNC(=O)c1cccc(NC(=O)c2cccc(S(=O)(=O)NC3CC3)c2)c1. The fraction of sp³-hybridized carbons (Fsp3) is 0.222. The monoisotopic (exact) mass is 373 g/mol. The van der Waals surface area contributed by atoms with E-state index in [4.69, 9.17) is 0 Å². The van der Waals surface area contributed by atoms with Crippen LogP contribution in [0.4, 0.5) is 5.69 Å². The first-order valence-electron chi connectivity index (χ1n) is 8.15. The van der Waals surface area contributed by atoms with Crippen LogP contribution in [-0.2, 0) is 10.0 Å². The number of amides is 2. The Hall–Kier alpha value is -2.71. The highest BCUT2D eigenvalue weighted by molar-refractivity contribution is 7.89. The number of hydrogen-bond acceptors (Lipinski definition) is 4. The fourth-order valence-corrected chi connectivity index (χ4v) is 3.73. The van der Waals surface area contributed by atoms with E-state index in [-0.39, 0.29) is 22.4 Å². The number of sulfonamides is 1. The van der Waals surface area contributed by atoms with Crippen LogP contribution in [-0.4, -0.2) is 33.3 Å². The van der Waals surface area contributed by atoms with Crippen LogP contribution in [0.1, 0.15) is 33.6 Å². The maximum Gasteiger partial charge on any atom is 0.255 e. The molecule has 0 aromatic heterocycles. The van der Waals surface area contributed by atoms with Gasteiger partial charge >= 0.3 is 0 Å². The van der Waals surface area contributed by atoms with Crippen molar-refractivity contribution in [3.8, 4) is 0 Å². The van der Waals surface area contributed by atoms with Crippen molar-refractivity contribution in [2.24, 2.45) is 0 Å². The molecule has 3 rings (SSSR count). The molecule has 1 aliphatic rings. The summed E-state index contributed by atoms with van der Waals surface area (Å²) in [4.78, 5) is 24.2. The average Bonchev–Trinajstić information content (AvgIpc) is 3.44. The Kier molecular flexibility index (Phi) is 5.06. The summed E-state index contributed by atoms with van der Waals surface area (Å²) in [5.74, 6) is -0.720. The van der Waals surface area contributed by atoms with Gasteiger partial charge in [-0.25, -0.2) is 13.1 Å². The largest absolute Gasteiger partial charge is 0.355 e. The number of hydrogen-bond donors (Lipinski definition) is 3. The summed E-state index contributed by atoms with van der Waals surface area (Å²) >= 11 is 0. The molecule has 0 saturated heterocycles. The molecule has 1 saturated carbocycles. The van der Waals surface area contributed by atoms with E-state index in [2.05, 4.69) is 15.4 Å². The first-order chi connectivity index (χ1) is 12.4. The number of anilines is 1. The quantitative estimate of drug-likeness (QED) is 0.717.